The Morgan fingerprint density at radius 3 is 2.41 bits per heavy atom. The van der Waals surface area contributed by atoms with Crippen molar-refractivity contribution in [3.8, 4) is 0 Å². The second kappa shape index (κ2) is 6.09. The Morgan fingerprint density at radius 1 is 1.35 bits per heavy atom. The van der Waals surface area contributed by atoms with Gasteiger partial charge in [0, 0.05) is 17.8 Å². The molecule has 0 aromatic heterocycles. The minimum Gasteiger partial charge on any atom is -0.478 e. The maximum Gasteiger partial charge on any atom is 0.331 e. The molecule has 0 heterocycles. The first-order valence-electron chi connectivity index (χ1n) is 5.78. The molecule has 0 aliphatic carbocycles. The van der Waals surface area contributed by atoms with Crippen LogP contribution in [0.4, 0.5) is 5.69 Å². The molecule has 0 saturated heterocycles. The van der Waals surface area contributed by atoms with Crippen molar-refractivity contribution in [2.75, 3.05) is 11.9 Å². The average Bonchev–Trinajstić information content (AvgIpc) is 2.27. The summed E-state index contributed by atoms with van der Waals surface area (Å²) in [6, 6.07) is 6.09. The zero-order chi connectivity index (χ0) is 12.8. The van der Waals surface area contributed by atoms with E-state index in [0.29, 0.717) is 18.5 Å². The third-order valence-corrected chi connectivity index (χ3v) is 2.76. The van der Waals surface area contributed by atoms with E-state index in [0.717, 1.165) is 5.69 Å². The van der Waals surface area contributed by atoms with Gasteiger partial charge in [0.15, 0.2) is 0 Å². The van der Waals surface area contributed by atoms with E-state index >= 15 is 0 Å². The first-order chi connectivity index (χ1) is 8.06. The molecule has 1 aromatic rings. The second-order valence-corrected chi connectivity index (χ2v) is 4.04. The number of carbonyl (C=O) groups is 1. The number of benzene rings is 1. The number of para-hydroxylation sites is 1. The first kappa shape index (κ1) is 13.3. The molecule has 0 atom stereocenters. The van der Waals surface area contributed by atoms with E-state index in [-0.39, 0.29) is 0 Å². The molecular weight excluding hydrogens is 214 g/mol. The predicted octanol–water partition coefficient (Wildman–Crippen LogP) is 3.14. The van der Waals surface area contributed by atoms with Gasteiger partial charge in [-0.15, -0.1) is 0 Å². The van der Waals surface area contributed by atoms with Crippen LogP contribution in [0.5, 0.6) is 0 Å². The lowest BCUT2D eigenvalue weighted by atomic mass is 10.1. The Kier molecular flexibility index (Phi) is 4.76. The number of carboxylic acid groups (broad SMARTS) is 1. The van der Waals surface area contributed by atoms with Crippen LogP contribution in [-0.2, 0) is 4.79 Å². The molecule has 3 nitrogen and oxygen atoms in total. The fourth-order valence-corrected chi connectivity index (χ4v) is 1.75. The fraction of sp³-hybridized carbons (Fsp3) is 0.357. The normalized spacial score (nSPS) is 11.4. The van der Waals surface area contributed by atoms with E-state index in [9.17, 15) is 4.79 Å². The van der Waals surface area contributed by atoms with Crippen molar-refractivity contribution in [2.24, 2.45) is 0 Å². The van der Waals surface area contributed by atoms with Gasteiger partial charge in [0.25, 0.3) is 0 Å². The van der Waals surface area contributed by atoms with E-state index in [1.807, 2.05) is 39.0 Å². The summed E-state index contributed by atoms with van der Waals surface area (Å²) in [5.41, 5.74) is 3.88. The topological polar surface area (TPSA) is 49.3 Å². The minimum absolute atomic E-state index is 0.448. The van der Waals surface area contributed by atoms with E-state index < -0.39 is 5.97 Å². The number of aryl methyl sites for hydroxylation is 2. The molecule has 1 aromatic carbocycles. The van der Waals surface area contributed by atoms with E-state index in [4.69, 9.17) is 5.11 Å². The smallest absolute Gasteiger partial charge is 0.331 e. The lowest BCUT2D eigenvalue weighted by Crippen LogP contribution is -2.06. The van der Waals surface area contributed by atoms with Crippen molar-refractivity contribution in [1.29, 1.82) is 0 Å². The number of aliphatic carboxylic acids is 1. The molecule has 17 heavy (non-hydrogen) atoms. The highest BCUT2D eigenvalue weighted by Gasteiger charge is 2.04. The summed E-state index contributed by atoms with van der Waals surface area (Å²) in [7, 11) is 0. The van der Waals surface area contributed by atoms with E-state index in [1.165, 1.54) is 11.1 Å². The molecule has 0 aliphatic rings. The lowest BCUT2D eigenvalue weighted by Gasteiger charge is -2.11. The van der Waals surface area contributed by atoms with Gasteiger partial charge in [-0.25, -0.2) is 4.79 Å². The summed E-state index contributed by atoms with van der Waals surface area (Å²) in [6.07, 6.45) is 2.28. The quantitative estimate of drug-likeness (QED) is 0.768. The van der Waals surface area contributed by atoms with Crippen LogP contribution in [0.15, 0.2) is 29.8 Å². The van der Waals surface area contributed by atoms with Crippen molar-refractivity contribution < 1.29 is 9.90 Å². The summed E-state index contributed by atoms with van der Waals surface area (Å²) < 4.78 is 0. The van der Waals surface area contributed by atoms with Gasteiger partial charge in [0.1, 0.15) is 0 Å². The van der Waals surface area contributed by atoms with Gasteiger partial charge in [-0.2, -0.15) is 0 Å². The Morgan fingerprint density at radius 2 is 1.94 bits per heavy atom. The third-order valence-electron chi connectivity index (χ3n) is 2.76. The number of anilines is 1. The predicted molar refractivity (Wildman–Crippen MR) is 70.4 cm³/mol. The molecule has 0 unspecified atom stereocenters. The van der Waals surface area contributed by atoms with Gasteiger partial charge < -0.3 is 10.4 Å². The molecule has 2 N–H and O–H groups in total. The summed E-state index contributed by atoms with van der Waals surface area (Å²) in [5.74, 6) is -0.837. The first-order valence-corrected chi connectivity index (χ1v) is 5.78. The lowest BCUT2D eigenvalue weighted by molar-refractivity contribution is -0.132. The maximum absolute atomic E-state index is 10.8. The molecule has 0 amide bonds. The standard InChI is InChI=1S/C14H19NO2/c1-4-12(14(16)17)8-9-15-13-10(2)6-5-7-11(13)3/h5-8,15H,4,9H2,1-3H3,(H,16,17)/b12-8-. The van der Waals surface area contributed by atoms with Crippen molar-refractivity contribution >= 4 is 11.7 Å². The van der Waals surface area contributed by atoms with Gasteiger partial charge >= 0.3 is 5.97 Å². The highest BCUT2D eigenvalue weighted by molar-refractivity contribution is 5.86. The number of carboxylic acids is 1. The van der Waals surface area contributed by atoms with Gasteiger partial charge in [0.05, 0.1) is 0 Å². The van der Waals surface area contributed by atoms with E-state index in [2.05, 4.69) is 5.32 Å². The SMILES string of the molecule is CC/C(=C/CNc1c(C)cccc1C)C(=O)O. The van der Waals surface area contributed by atoms with Gasteiger partial charge in [0.2, 0.25) is 0 Å². The highest BCUT2D eigenvalue weighted by atomic mass is 16.4. The number of hydrogen-bond donors (Lipinski definition) is 2. The molecule has 1 rings (SSSR count). The Labute approximate surface area is 102 Å². The molecule has 92 valence electrons. The van der Waals surface area contributed by atoms with Crippen LogP contribution >= 0.6 is 0 Å². The van der Waals surface area contributed by atoms with Crippen LogP contribution in [-0.4, -0.2) is 17.6 Å². The number of hydrogen-bond acceptors (Lipinski definition) is 2. The largest absolute Gasteiger partial charge is 0.478 e. The van der Waals surface area contributed by atoms with Crippen molar-refractivity contribution in [2.45, 2.75) is 27.2 Å². The molecule has 0 saturated carbocycles. The van der Waals surface area contributed by atoms with Crippen LogP contribution in [0.25, 0.3) is 0 Å². The fourth-order valence-electron chi connectivity index (χ4n) is 1.75. The third kappa shape index (κ3) is 3.63. The molecular formula is C14H19NO2. The second-order valence-electron chi connectivity index (χ2n) is 4.04. The Bertz CT molecular complexity index is 416. The maximum atomic E-state index is 10.8. The van der Waals surface area contributed by atoms with Crippen molar-refractivity contribution in [1.82, 2.24) is 0 Å². The van der Waals surface area contributed by atoms with Crippen molar-refractivity contribution in [3.05, 3.63) is 41.0 Å². The molecule has 0 radical (unpaired) electrons. The van der Waals surface area contributed by atoms with Gasteiger partial charge in [-0.3, -0.25) is 0 Å². The van der Waals surface area contributed by atoms with Crippen molar-refractivity contribution in [3.63, 3.8) is 0 Å². The molecule has 0 bridgehead atoms. The Balaban J connectivity index is 2.71. The molecule has 3 heteroatoms. The van der Waals surface area contributed by atoms with Crippen LogP contribution in [0.2, 0.25) is 0 Å². The summed E-state index contributed by atoms with van der Waals surface area (Å²) in [4.78, 5) is 10.8. The van der Waals surface area contributed by atoms with E-state index in [1.54, 1.807) is 6.08 Å². The van der Waals surface area contributed by atoms with Crippen LogP contribution < -0.4 is 5.32 Å². The zero-order valence-corrected chi connectivity index (χ0v) is 10.6. The minimum atomic E-state index is -0.837. The average molecular weight is 233 g/mol. The summed E-state index contributed by atoms with van der Waals surface area (Å²) in [5, 5.41) is 12.1. The van der Waals surface area contributed by atoms with Gasteiger partial charge in [-0.05, 0) is 31.4 Å². The molecule has 0 spiro atoms. The number of nitrogens with one attached hydrogen (secondary N) is 1. The summed E-state index contributed by atoms with van der Waals surface area (Å²) in [6.45, 7) is 6.47. The number of rotatable bonds is 5. The van der Waals surface area contributed by atoms with Crippen LogP contribution in [0.3, 0.4) is 0 Å². The van der Waals surface area contributed by atoms with Gasteiger partial charge in [-0.1, -0.05) is 31.2 Å². The molecule has 0 aliphatic heterocycles. The van der Waals surface area contributed by atoms with Crippen LogP contribution in [0, 0.1) is 13.8 Å². The Hall–Kier alpha value is -1.77. The summed E-state index contributed by atoms with van der Waals surface area (Å²) >= 11 is 0. The highest BCUT2D eigenvalue weighted by Crippen LogP contribution is 2.19. The molecule has 0 fully saturated rings. The van der Waals surface area contributed by atoms with Crippen LogP contribution in [0.1, 0.15) is 24.5 Å². The monoisotopic (exact) mass is 233 g/mol. The zero-order valence-electron chi connectivity index (χ0n) is 10.6.